The number of phosphoric ester groups is 1. The van der Waals surface area contributed by atoms with Crippen molar-refractivity contribution in [3.63, 3.8) is 0 Å². The number of nitrogen functional groups attached to an aromatic ring is 1. The molecular formula is C16H16N8O16P2. The molecule has 3 aliphatic rings. The Morgan fingerprint density at radius 3 is 2.21 bits per heavy atom. The van der Waals surface area contributed by atoms with Gasteiger partial charge in [-0.3, -0.25) is 39.4 Å². The van der Waals surface area contributed by atoms with Gasteiger partial charge in [0.15, 0.2) is 17.7 Å². The van der Waals surface area contributed by atoms with E-state index >= 15 is 0 Å². The Morgan fingerprint density at radius 1 is 1.02 bits per heavy atom. The molecule has 1 unspecified atom stereocenters. The molecule has 0 amide bonds. The smallest absolute Gasteiger partial charge is 0.382 e. The average molecular weight is 638 g/mol. The second-order valence-corrected chi connectivity index (χ2v) is 11.5. The molecule has 1 spiro atoms. The third kappa shape index (κ3) is 5.15. The number of anilines is 1. The molecule has 2 aromatic heterocycles. The molecule has 5 atom stereocenters. The van der Waals surface area contributed by atoms with Crippen LogP contribution in [0.25, 0.3) is 11.2 Å². The number of imidazole rings is 1. The van der Waals surface area contributed by atoms with Gasteiger partial charge in [0.25, 0.3) is 6.04 Å². The highest BCUT2D eigenvalue weighted by atomic mass is 31.3. The standard InChI is InChI=1S/C16H16N8O16P2/c17-13-10-14(19-4-18-13)21(5-20-10)15-12-11(7(37-15)3-36-42(34,35)40-41(31,32)33)38-16(39-12)8(23(27)28)1-6(22(25)26)2-9(16)24(29)30/h1-2,4-7,11-12,15H,3H2,(H,34,35)(H2,17,18,19)(H2,31,32,33)/t6?,7-,11-,12-,15-,16?/m1/s1. The van der Waals surface area contributed by atoms with Gasteiger partial charge in [-0.1, -0.05) is 0 Å². The van der Waals surface area contributed by atoms with E-state index in [9.17, 15) is 44.4 Å². The maximum absolute atomic E-state index is 12.1. The lowest BCUT2D eigenvalue weighted by atomic mass is 9.99. The number of nitrogens with zero attached hydrogens (tertiary/aromatic N) is 7. The summed E-state index contributed by atoms with van der Waals surface area (Å²) in [4.78, 5) is 71.3. The molecule has 1 aliphatic carbocycles. The maximum atomic E-state index is 12.1. The number of nitrogens with two attached hydrogens (primary N) is 1. The molecule has 2 aliphatic heterocycles. The summed E-state index contributed by atoms with van der Waals surface area (Å²) in [5.41, 5.74) is 3.44. The van der Waals surface area contributed by atoms with Crippen molar-refractivity contribution in [2.75, 3.05) is 12.3 Å². The van der Waals surface area contributed by atoms with Crippen molar-refractivity contribution >= 4 is 32.6 Å². The summed E-state index contributed by atoms with van der Waals surface area (Å²) in [7, 11) is -11.0. The van der Waals surface area contributed by atoms with Crippen LogP contribution >= 0.6 is 15.6 Å². The van der Waals surface area contributed by atoms with Gasteiger partial charge in [-0.15, -0.1) is 0 Å². The van der Waals surface area contributed by atoms with Crippen molar-refractivity contribution in [1.82, 2.24) is 19.5 Å². The lowest BCUT2D eigenvalue weighted by Gasteiger charge is -2.28. The molecule has 0 radical (unpaired) electrons. The highest BCUT2D eigenvalue weighted by Gasteiger charge is 2.71. The predicted octanol–water partition coefficient (Wildman–Crippen LogP) is -1.01. The number of phosphoric acid groups is 2. The van der Waals surface area contributed by atoms with E-state index in [0.29, 0.717) is 12.2 Å². The third-order valence-electron chi connectivity index (χ3n) is 6.13. The van der Waals surface area contributed by atoms with Gasteiger partial charge < -0.3 is 34.6 Å². The molecule has 2 aromatic rings. The average Bonchev–Trinajstić information content (AvgIpc) is 3.54. The van der Waals surface area contributed by atoms with Crippen LogP contribution in [-0.2, 0) is 32.2 Å². The van der Waals surface area contributed by atoms with E-state index in [1.165, 1.54) is 4.57 Å². The second-order valence-electron chi connectivity index (χ2n) is 8.66. The van der Waals surface area contributed by atoms with E-state index in [-0.39, 0.29) is 17.0 Å². The fraction of sp³-hybridized carbons (Fsp3) is 0.438. The fourth-order valence-corrected chi connectivity index (χ4v) is 6.17. The van der Waals surface area contributed by atoms with Gasteiger partial charge in [0.05, 0.1) is 34.9 Å². The Labute approximate surface area is 229 Å². The van der Waals surface area contributed by atoms with Crippen molar-refractivity contribution in [2.45, 2.75) is 36.4 Å². The lowest BCUT2D eigenvalue weighted by molar-refractivity contribution is -0.522. The number of hydrogen-bond donors (Lipinski definition) is 4. The van der Waals surface area contributed by atoms with Crippen LogP contribution in [0, 0.1) is 30.3 Å². The first-order valence-electron chi connectivity index (χ1n) is 11.1. The minimum absolute atomic E-state index is 0.0159. The Morgan fingerprint density at radius 2 is 1.64 bits per heavy atom. The van der Waals surface area contributed by atoms with E-state index in [1.54, 1.807) is 0 Å². The molecule has 4 heterocycles. The van der Waals surface area contributed by atoms with Gasteiger partial charge in [-0.25, -0.2) is 24.1 Å². The summed E-state index contributed by atoms with van der Waals surface area (Å²) in [6, 6.07) is -2.00. The number of fused-ring (bicyclic) bond motifs is 2. The molecular weight excluding hydrogens is 622 g/mol. The van der Waals surface area contributed by atoms with Gasteiger partial charge in [-0.2, -0.15) is 4.31 Å². The van der Waals surface area contributed by atoms with E-state index in [1.807, 2.05) is 0 Å². The van der Waals surface area contributed by atoms with E-state index in [0.717, 1.165) is 12.7 Å². The zero-order chi connectivity index (χ0) is 30.8. The van der Waals surface area contributed by atoms with Gasteiger partial charge in [0.1, 0.15) is 30.2 Å². The van der Waals surface area contributed by atoms with Gasteiger partial charge in [0.2, 0.25) is 0 Å². The van der Waals surface area contributed by atoms with Gasteiger partial charge >= 0.3 is 32.8 Å². The predicted molar refractivity (Wildman–Crippen MR) is 126 cm³/mol. The van der Waals surface area contributed by atoms with Crippen molar-refractivity contribution < 1.29 is 61.6 Å². The summed E-state index contributed by atoms with van der Waals surface area (Å²) >= 11 is 0. The Balaban J connectivity index is 1.58. The van der Waals surface area contributed by atoms with Crippen molar-refractivity contribution in [2.24, 2.45) is 0 Å². The monoisotopic (exact) mass is 638 g/mol. The van der Waals surface area contributed by atoms with Crippen LogP contribution in [0.1, 0.15) is 6.23 Å². The topological polar surface area (TPSA) is 340 Å². The van der Waals surface area contributed by atoms with Gasteiger partial charge in [0, 0.05) is 4.92 Å². The van der Waals surface area contributed by atoms with Crippen LogP contribution in [0.2, 0.25) is 0 Å². The van der Waals surface area contributed by atoms with E-state index < -0.39 is 84.8 Å². The minimum atomic E-state index is -5.53. The Kier molecular flexibility index (Phi) is 7.18. The zero-order valence-corrected chi connectivity index (χ0v) is 21.9. The number of nitro groups is 3. The first-order valence-corrected chi connectivity index (χ1v) is 14.1. The third-order valence-corrected chi connectivity index (χ3v) is 8.28. The van der Waals surface area contributed by atoms with Crippen LogP contribution in [0.4, 0.5) is 5.82 Å². The Hall–Kier alpha value is -3.83. The van der Waals surface area contributed by atoms with Crippen molar-refractivity contribution in [1.29, 1.82) is 0 Å². The summed E-state index contributed by atoms with van der Waals surface area (Å²) in [5.74, 6) is -3.02. The normalized spacial score (nSPS) is 30.5. The van der Waals surface area contributed by atoms with Crippen LogP contribution in [-0.4, -0.2) is 85.7 Å². The van der Waals surface area contributed by atoms with Crippen LogP contribution in [0.5, 0.6) is 0 Å². The molecule has 226 valence electrons. The van der Waals surface area contributed by atoms with Crippen LogP contribution in [0.3, 0.4) is 0 Å². The molecule has 42 heavy (non-hydrogen) atoms. The lowest BCUT2D eigenvalue weighted by Crippen LogP contribution is -2.47. The largest absolute Gasteiger partial charge is 0.481 e. The first-order chi connectivity index (χ1) is 19.5. The van der Waals surface area contributed by atoms with Crippen molar-refractivity contribution in [3.8, 4) is 0 Å². The molecule has 5 N–H and O–H groups in total. The molecule has 0 bridgehead atoms. The minimum Gasteiger partial charge on any atom is -0.382 e. The quantitative estimate of drug-likeness (QED) is 0.145. The summed E-state index contributed by atoms with van der Waals surface area (Å²) in [5, 5.41) is 35.4. The van der Waals surface area contributed by atoms with Gasteiger partial charge in [-0.05, 0) is 0 Å². The highest BCUT2D eigenvalue weighted by molar-refractivity contribution is 7.60. The van der Waals surface area contributed by atoms with E-state index in [4.69, 9.17) is 29.7 Å². The second kappa shape index (κ2) is 10.2. The Bertz CT molecular complexity index is 1620. The van der Waals surface area contributed by atoms with E-state index in [2.05, 4.69) is 23.8 Å². The molecule has 0 aromatic carbocycles. The summed E-state index contributed by atoms with van der Waals surface area (Å²) < 4.78 is 49.9. The molecule has 5 rings (SSSR count). The first kappa shape index (κ1) is 29.7. The molecule has 2 saturated heterocycles. The number of aromatic nitrogens is 4. The number of rotatable bonds is 9. The van der Waals surface area contributed by atoms with Crippen molar-refractivity contribution in [3.05, 3.63) is 66.5 Å². The highest BCUT2D eigenvalue weighted by Crippen LogP contribution is 2.58. The molecule has 26 heteroatoms. The fourth-order valence-electron chi connectivity index (χ4n) is 4.57. The van der Waals surface area contributed by atoms with Crippen LogP contribution < -0.4 is 5.73 Å². The van der Waals surface area contributed by atoms with Crippen LogP contribution in [0.15, 0.2) is 36.2 Å². The molecule has 0 saturated carbocycles. The molecule has 24 nitrogen and oxygen atoms in total. The zero-order valence-electron chi connectivity index (χ0n) is 20.2. The number of ether oxygens (including phenoxy) is 3. The summed E-state index contributed by atoms with van der Waals surface area (Å²) in [6.45, 7) is -1.05. The number of hydrogen-bond acceptors (Lipinski definition) is 17. The molecule has 2 fully saturated rings. The SMILES string of the molecule is Nc1ncnc2c1ncn2[C@@H]1O[C@H](COP(=O)(O)OP(=O)(O)O)[C@H]2OC3(O[C@H]21)C([N+](=O)[O-])=CC([N+](=O)[O-])C=C3[N+](=O)[O-]. The summed E-state index contributed by atoms with van der Waals surface area (Å²) in [6.07, 6.45) is -3.13. The maximum Gasteiger partial charge on any atom is 0.481 e.